The van der Waals surface area contributed by atoms with E-state index in [4.69, 9.17) is 0 Å². The molecule has 2 rings (SSSR count). The van der Waals surface area contributed by atoms with Gasteiger partial charge in [-0.25, -0.2) is 4.98 Å². The van der Waals surface area contributed by atoms with E-state index in [-0.39, 0.29) is 5.91 Å². The van der Waals surface area contributed by atoms with Crippen LogP contribution < -0.4 is 10.6 Å². The van der Waals surface area contributed by atoms with Crippen LogP contribution >= 0.6 is 15.9 Å². The summed E-state index contributed by atoms with van der Waals surface area (Å²) >= 11 is 3.29. The lowest BCUT2D eigenvalue weighted by atomic mass is 10.1. The third kappa shape index (κ3) is 3.79. The maximum atomic E-state index is 11.4. The van der Waals surface area contributed by atoms with Crippen molar-refractivity contribution < 1.29 is 4.79 Å². The minimum atomic E-state index is -0.0726. The number of hydrogen-bond donors (Lipinski definition) is 2. The minimum absolute atomic E-state index is 0.0726. The number of hydrogen-bond acceptors (Lipinski definition) is 3. The van der Waals surface area contributed by atoms with Gasteiger partial charge in [0.2, 0.25) is 0 Å². The molecule has 0 aliphatic carbocycles. The number of carbonyl (C=O) groups excluding carboxylic acids is 1. The molecular formula is C14H14BrN3O. The van der Waals surface area contributed by atoms with Gasteiger partial charge in [-0.2, -0.15) is 0 Å². The highest BCUT2D eigenvalue weighted by Gasteiger charge is 2.02. The second-order valence-corrected chi connectivity index (χ2v) is 4.81. The van der Waals surface area contributed by atoms with E-state index in [2.05, 4.69) is 31.5 Å². The molecule has 1 amide bonds. The van der Waals surface area contributed by atoms with E-state index in [0.717, 1.165) is 15.9 Å². The predicted molar refractivity (Wildman–Crippen MR) is 79.1 cm³/mol. The highest BCUT2D eigenvalue weighted by Crippen LogP contribution is 2.12. The van der Waals surface area contributed by atoms with Crippen molar-refractivity contribution in [2.75, 3.05) is 12.4 Å². The van der Waals surface area contributed by atoms with Gasteiger partial charge in [0.05, 0.1) is 11.9 Å². The molecule has 0 radical (unpaired) electrons. The first-order valence-corrected chi connectivity index (χ1v) is 6.65. The van der Waals surface area contributed by atoms with E-state index < -0.39 is 0 Å². The lowest BCUT2D eigenvalue weighted by Gasteiger charge is -2.07. The number of rotatable bonds is 4. The Kier molecular flexibility index (Phi) is 4.52. The Morgan fingerprint density at radius 2 is 1.95 bits per heavy atom. The molecule has 0 aliphatic rings. The molecule has 0 saturated carbocycles. The highest BCUT2D eigenvalue weighted by molar-refractivity contribution is 9.10. The summed E-state index contributed by atoms with van der Waals surface area (Å²) in [6.45, 7) is 0.692. The Morgan fingerprint density at radius 1 is 1.21 bits per heavy atom. The fourth-order valence-corrected chi connectivity index (χ4v) is 1.84. The summed E-state index contributed by atoms with van der Waals surface area (Å²) in [6.07, 6.45) is 1.77. The first kappa shape index (κ1) is 13.5. The fourth-order valence-electron chi connectivity index (χ4n) is 1.60. The summed E-state index contributed by atoms with van der Waals surface area (Å²) < 4.78 is 0.813. The molecule has 0 unspecified atom stereocenters. The molecule has 1 aromatic carbocycles. The van der Waals surface area contributed by atoms with Crippen LogP contribution in [0.5, 0.6) is 0 Å². The van der Waals surface area contributed by atoms with E-state index >= 15 is 0 Å². The summed E-state index contributed by atoms with van der Waals surface area (Å²) in [4.78, 5) is 15.5. The van der Waals surface area contributed by atoms with Gasteiger partial charge in [-0.1, -0.05) is 12.1 Å². The van der Waals surface area contributed by atoms with Crippen LogP contribution in [-0.2, 0) is 6.54 Å². The van der Waals surface area contributed by atoms with E-state index in [0.29, 0.717) is 12.1 Å². The average molecular weight is 320 g/mol. The van der Waals surface area contributed by atoms with Crippen LogP contribution in [0.2, 0.25) is 0 Å². The van der Waals surface area contributed by atoms with Crippen LogP contribution in [0, 0.1) is 0 Å². The second kappa shape index (κ2) is 6.33. The van der Waals surface area contributed by atoms with Crippen molar-refractivity contribution in [2.45, 2.75) is 6.54 Å². The fraction of sp³-hybridized carbons (Fsp3) is 0.143. The number of nitrogens with zero attached hydrogens (tertiary/aromatic N) is 1. The molecule has 2 aromatic rings. The van der Waals surface area contributed by atoms with Gasteiger partial charge in [0.1, 0.15) is 4.60 Å². The third-order valence-electron chi connectivity index (χ3n) is 2.67. The van der Waals surface area contributed by atoms with Gasteiger partial charge in [0.25, 0.3) is 5.91 Å². The van der Waals surface area contributed by atoms with Crippen LogP contribution in [0.4, 0.5) is 5.69 Å². The van der Waals surface area contributed by atoms with Gasteiger partial charge in [-0.3, -0.25) is 4.79 Å². The van der Waals surface area contributed by atoms with Crippen molar-refractivity contribution in [1.82, 2.24) is 10.3 Å². The maximum absolute atomic E-state index is 11.4. The molecule has 0 fully saturated rings. The van der Waals surface area contributed by atoms with Crippen LogP contribution in [0.15, 0.2) is 47.2 Å². The SMILES string of the molecule is CNC(=O)c1ccc(CNc2ccc(Br)nc2)cc1. The molecule has 19 heavy (non-hydrogen) atoms. The van der Waals surface area contributed by atoms with Crippen LogP contribution in [0.1, 0.15) is 15.9 Å². The van der Waals surface area contributed by atoms with Gasteiger partial charge in [-0.15, -0.1) is 0 Å². The molecule has 98 valence electrons. The Labute approximate surface area is 120 Å². The van der Waals surface area contributed by atoms with Crippen LogP contribution in [-0.4, -0.2) is 17.9 Å². The first-order chi connectivity index (χ1) is 9.19. The average Bonchev–Trinajstić information content (AvgIpc) is 2.46. The van der Waals surface area contributed by atoms with Crippen molar-refractivity contribution in [2.24, 2.45) is 0 Å². The first-order valence-electron chi connectivity index (χ1n) is 5.85. The summed E-state index contributed by atoms with van der Waals surface area (Å²) in [5, 5.41) is 5.86. The zero-order chi connectivity index (χ0) is 13.7. The number of anilines is 1. The number of amides is 1. The van der Waals surface area contributed by atoms with Gasteiger partial charge < -0.3 is 10.6 Å². The highest BCUT2D eigenvalue weighted by atomic mass is 79.9. The van der Waals surface area contributed by atoms with Gasteiger partial charge >= 0.3 is 0 Å². The Hall–Kier alpha value is -1.88. The van der Waals surface area contributed by atoms with Crippen LogP contribution in [0.25, 0.3) is 0 Å². The standard InChI is InChI=1S/C14H14BrN3O/c1-16-14(19)11-4-2-10(3-5-11)8-17-12-6-7-13(15)18-9-12/h2-7,9,17H,8H2,1H3,(H,16,19). The Balaban J connectivity index is 1.96. The third-order valence-corrected chi connectivity index (χ3v) is 3.14. The quantitative estimate of drug-likeness (QED) is 0.852. The largest absolute Gasteiger partial charge is 0.380 e. The van der Waals surface area contributed by atoms with E-state index in [1.165, 1.54) is 0 Å². The zero-order valence-electron chi connectivity index (χ0n) is 10.5. The number of nitrogens with one attached hydrogen (secondary N) is 2. The number of pyridine rings is 1. The van der Waals surface area contributed by atoms with Crippen molar-refractivity contribution in [3.05, 3.63) is 58.3 Å². The Bertz CT molecular complexity index is 552. The minimum Gasteiger partial charge on any atom is -0.380 e. The smallest absolute Gasteiger partial charge is 0.251 e. The Morgan fingerprint density at radius 3 is 2.53 bits per heavy atom. The van der Waals surface area contributed by atoms with Gasteiger partial charge in [0, 0.05) is 19.2 Å². The topological polar surface area (TPSA) is 54.0 Å². The van der Waals surface area contributed by atoms with Crippen molar-refractivity contribution in [3.8, 4) is 0 Å². The molecule has 2 N–H and O–H groups in total. The number of carbonyl (C=O) groups is 1. The lowest BCUT2D eigenvalue weighted by Crippen LogP contribution is -2.17. The lowest BCUT2D eigenvalue weighted by molar-refractivity contribution is 0.0963. The van der Waals surface area contributed by atoms with Gasteiger partial charge in [0.15, 0.2) is 0 Å². The molecule has 0 spiro atoms. The summed E-state index contributed by atoms with van der Waals surface area (Å²) in [6, 6.07) is 11.3. The van der Waals surface area contributed by atoms with Crippen molar-refractivity contribution in [3.63, 3.8) is 0 Å². The van der Waals surface area contributed by atoms with Gasteiger partial charge in [-0.05, 0) is 45.8 Å². The summed E-state index contributed by atoms with van der Waals surface area (Å²) in [5.74, 6) is -0.0726. The molecule has 0 atom stereocenters. The van der Waals surface area contributed by atoms with Crippen molar-refractivity contribution >= 4 is 27.5 Å². The molecule has 5 heteroatoms. The zero-order valence-corrected chi connectivity index (χ0v) is 12.1. The molecular weight excluding hydrogens is 306 g/mol. The molecule has 1 aromatic heterocycles. The molecule has 1 heterocycles. The second-order valence-electron chi connectivity index (χ2n) is 4.00. The van der Waals surface area contributed by atoms with Crippen molar-refractivity contribution in [1.29, 1.82) is 0 Å². The number of aromatic nitrogens is 1. The number of halogens is 1. The van der Waals surface area contributed by atoms with E-state index in [9.17, 15) is 4.79 Å². The summed E-state index contributed by atoms with van der Waals surface area (Å²) in [5.41, 5.74) is 2.73. The van der Waals surface area contributed by atoms with Crippen LogP contribution in [0.3, 0.4) is 0 Å². The number of benzene rings is 1. The van der Waals surface area contributed by atoms with E-state index in [1.807, 2.05) is 36.4 Å². The summed E-state index contributed by atoms with van der Waals surface area (Å²) in [7, 11) is 1.62. The predicted octanol–water partition coefficient (Wildman–Crippen LogP) is 2.82. The monoisotopic (exact) mass is 319 g/mol. The molecule has 4 nitrogen and oxygen atoms in total. The van der Waals surface area contributed by atoms with E-state index in [1.54, 1.807) is 13.2 Å². The maximum Gasteiger partial charge on any atom is 0.251 e. The molecule has 0 aliphatic heterocycles. The normalized spacial score (nSPS) is 10.0. The molecule has 0 saturated heterocycles. The molecule has 0 bridgehead atoms.